The SMILES string of the molecule is N#CC1CCC(N(c2ccccc2)c2ccccc2)CC1. The molecule has 1 aliphatic carbocycles. The minimum Gasteiger partial charge on any atom is -0.338 e. The van der Waals surface area contributed by atoms with Gasteiger partial charge >= 0.3 is 0 Å². The number of rotatable bonds is 3. The number of benzene rings is 2. The van der Waals surface area contributed by atoms with Gasteiger partial charge < -0.3 is 4.90 Å². The van der Waals surface area contributed by atoms with Crippen molar-refractivity contribution in [2.24, 2.45) is 5.92 Å². The van der Waals surface area contributed by atoms with Gasteiger partial charge in [0.05, 0.1) is 6.07 Å². The largest absolute Gasteiger partial charge is 0.338 e. The molecule has 0 heterocycles. The molecule has 2 nitrogen and oxygen atoms in total. The van der Waals surface area contributed by atoms with E-state index < -0.39 is 0 Å². The molecule has 0 radical (unpaired) electrons. The van der Waals surface area contributed by atoms with Crippen LogP contribution < -0.4 is 4.90 Å². The monoisotopic (exact) mass is 276 g/mol. The Bertz CT molecular complexity index is 553. The van der Waals surface area contributed by atoms with Crippen LogP contribution >= 0.6 is 0 Å². The summed E-state index contributed by atoms with van der Waals surface area (Å²) in [4.78, 5) is 2.44. The van der Waals surface area contributed by atoms with Gasteiger partial charge in [-0.1, -0.05) is 36.4 Å². The van der Waals surface area contributed by atoms with E-state index in [1.165, 1.54) is 11.4 Å². The summed E-state index contributed by atoms with van der Waals surface area (Å²) >= 11 is 0. The summed E-state index contributed by atoms with van der Waals surface area (Å²) in [6, 6.07) is 24.1. The van der Waals surface area contributed by atoms with Crippen LogP contribution in [0.25, 0.3) is 0 Å². The Balaban J connectivity index is 1.89. The van der Waals surface area contributed by atoms with Crippen LogP contribution in [-0.4, -0.2) is 6.04 Å². The summed E-state index contributed by atoms with van der Waals surface area (Å²) < 4.78 is 0. The molecule has 0 aromatic heterocycles. The first kappa shape index (κ1) is 13.7. The fourth-order valence-electron chi connectivity index (χ4n) is 3.21. The van der Waals surface area contributed by atoms with Crippen LogP contribution in [0.4, 0.5) is 11.4 Å². The Hall–Kier alpha value is -2.27. The third-order valence-corrected chi connectivity index (χ3v) is 4.31. The van der Waals surface area contributed by atoms with Crippen LogP contribution in [0.2, 0.25) is 0 Å². The maximum absolute atomic E-state index is 9.09. The summed E-state index contributed by atoms with van der Waals surface area (Å²) in [5.74, 6) is 0.245. The molecule has 2 aromatic rings. The van der Waals surface area contributed by atoms with Crippen molar-refractivity contribution < 1.29 is 0 Å². The smallest absolute Gasteiger partial charge is 0.0655 e. The molecule has 0 saturated heterocycles. The fourth-order valence-corrected chi connectivity index (χ4v) is 3.21. The maximum Gasteiger partial charge on any atom is 0.0655 e. The Morgan fingerprint density at radius 1 is 0.762 bits per heavy atom. The standard InChI is InChI=1S/C19H20N2/c20-15-16-11-13-19(14-12-16)21(17-7-3-1-4-8-17)18-9-5-2-6-10-18/h1-10,16,19H,11-14H2. The van der Waals surface area contributed by atoms with Gasteiger partial charge in [0, 0.05) is 23.3 Å². The van der Waals surface area contributed by atoms with Crippen molar-refractivity contribution in [2.75, 3.05) is 4.90 Å². The average Bonchev–Trinajstić information content (AvgIpc) is 2.58. The first-order chi connectivity index (χ1) is 10.4. The third-order valence-electron chi connectivity index (χ3n) is 4.31. The number of hydrogen-bond acceptors (Lipinski definition) is 2. The molecule has 0 N–H and O–H groups in total. The maximum atomic E-state index is 9.09. The van der Waals surface area contributed by atoms with E-state index in [1.807, 2.05) is 0 Å². The predicted octanol–water partition coefficient (Wildman–Crippen LogP) is 4.91. The molecule has 106 valence electrons. The normalized spacial score (nSPS) is 21.5. The fraction of sp³-hybridized carbons (Fsp3) is 0.316. The first-order valence-corrected chi connectivity index (χ1v) is 7.67. The Morgan fingerprint density at radius 2 is 1.24 bits per heavy atom. The van der Waals surface area contributed by atoms with Crippen molar-refractivity contribution in [3.05, 3.63) is 60.7 Å². The zero-order chi connectivity index (χ0) is 14.5. The molecule has 2 heteroatoms. The summed E-state index contributed by atoms with van der Waals surface area (Å²) in [6.45, 7) is 0. The minimum atomic E-state index is 0.245. The van der Waals surface area contributed by atoms with Gasteiger partial charge in [0.25, 0.3) is 0 Å². The van der Waals surface area contributed by atoms with Gasteiger partial charge in [-0.2, -0.15) is 5.26 Å². The molecular formula is C19H20N2. The van der Waals surface area contributed by atoms with Crippen LogP contribution in [0.1, 0.15) is 25.7 Å². The molecule has 21 heavy (non-hydrogen) atoms. The molecule has 0 spiro atoms. The van der Waals surface area contributed by atoms with Gasteiger partial charge in [0.2, 0.25) is 0 Å². The second-order valence-electron chi connectivity index (χ2n) is 5.68. The lowest BCUT2D eigenvalue weighted by atomic mass is 9.86. The lowest BCUT2D eigenvalue weighted by Gasteiger charge is -2.37. The van der Waals surface area contributed by atoms with Crippen LogP contribution in [0.5, 0.6) is 0 Å². The van der Waals surface area contributed by atoms with Crippen molar-refractivity contribution in [1.29, 1.82) is 5.26 Å². The minimum absolute atomic E-state index is 0.245. The van der Waals surface area contributed by atoms with Crippen molar-refractivity contribution in [3.63, 3.8) is 0 Å². The van der Waals surface area contributed by atoms with Gasteiger partial charge in [-0.3, -0.25) is 0 Å². The molecule has 1 fully saturated rings. The van der Waals surface area contributed by atoms with Crippen LogP contribution in [0.15, 0.2) is 60.7 Å². The molecule has 1 saturated carbocycles. The highest BCUT2D eigenvalue weighted by atomic mass is 15.2. The number of para-hydroxylation sites is 2. The van der Waals surface area contributed by atoms with E-state index in [2.05, 4.69) is 71.6 Å². The molecular weight excluding hydrogens is 256 g/mol. The van der Waals surface area contributed by atoms with Crippen molar-refractivity contribution >= 4 is 11.4 Å². The lowest BCUT2D eigenvalue weighted by Crippen LogP contribution is -2.34. The second kappa shape index (κ2) is 6.45. The topological polar surface area (TPSA) is 27.0 Å². The van der Waals surface area contributed by atoms with Gasteiger partial charge in [0.15, 0.2) is 0 Å². The van der Waals surface area contributed by atoms with Crippen molar-refractivity contribution in [1.82, 2.24) is 0 Å². The highest BCUT2D eigenvalue weighted by molar-refractivity contribution is 5.64. The summed E-state index contributed by atoms with van der Waals surface area (Å²) in [6.07, 6.45) is 4.19. The third kappa shape index (κ3) is 3.08. The Kier molecular flexibility index (Phi) is 4.21. The Morgan fingerprint density at radius 3 is 1.67 bits per heavy atom. The molecule has 0 aliphatic heterocycles. The van der Waals surface area contributed by atoms with E-state index in [4.69, 9.17) is 5.26 Å². The zero-order valence-electron chi connectivity index (χ0n) is 12.2. The molecule has 0 bridgehead atoms. The van der Waals surface area contributed by atoms with Crippen LogP contribution in [0.3, 0.4) is 0 Å². The number of anilines is 2. The van der Waals surface area contributed by atoms with Crippen LogP contribution in [0, 0.1) is 17.2 Å². The molecule has 2 aromatic carbocycles. The van der Waals surface area contributed by atoms with Gasteiger partial charge in [-0.15, -0.1) is 0 Å². The van der Waals surface area contributed by atoms with E-state index in [1.54, 1.807) is 0 Å². The van der Waals surface area contributed by atoms with Crippen LogP contribution in [-0.2, 0) is 0 Å². The average molecular weight is 276 g/mol. The second-order valence-corrected chi connectivity index (χ2v) is 5.68. The van der Waals surface area contributed by atoms with E-state index in [-0.39, 0.29) is 5.92 Å². The Labute approximate surface area is 126 Å². The zero-order valence-corrected chi connectivity index (χ0v) is 12.2. The van der Waals surface area contributed by atoms with E-state index >= 15 is 0 Å². The summed E-state index contributed by atoms with van der Waals surface area (Å²) in [5, 5.41) is 9.09. The van der Waals surface area contributed by atoms with Gasteiger partial charge in [-0.25, -0.2) is 0 Å². The van der Waals surface area contributed by atoms with E-state index in [0.717, 1.165) is 25.7 Å². The quantitative estimate of drug-likeness (QED) is 0.796. The van der Waals surface area contributed by atoms with E-state index in [0.29, 0.717) is 6.04 Å². The molecule has 0 unspecified atom stereocenters. The molecule has 3 rings (SSSR count). The van der Waals surface area contributed by atoms with Crippen molar-refractivity contribution in [3.8, 4) is 6.07 Å². The summed E-state index contributed by atoms with van der Waals surface area (Å²) in [7, 11) is 0. The molecule has 1 aliphatic rings. The predicted molar refractivity (Wildman–Crippen MR) is 86.4 cm³/mol. The molecule has 0 atom stereocenters. The number of nitrogens with zero attached hydrogens (tertiary/aromatic N) is 2. The highest BCUT2D eigenvalue weighted by Crippen LogP contribution is 2.35. The summed E-state index contributed by atoms with van der Waals surface area (Å²) in [5.41, 5.74) is 2.48. The number of hydrogen-bond donors (Lipinski definition) is 0. The lowest BCUT2D eigenvalue weighted by molar-refractivity contribution is 0.378. The first-order valence-electron chi connectivity index (χ1n) is 7.67. The number of nitriles is 1. The van der Waals surface area contributed by atoms with Gasteiger partial charge in [0.1, 0.15) is 0 Å². The molecule has 0 amide bonds. The highest BCUT2D eigenvalue weighted by Gasteiger charge is 2.26. The van der Waals surface area contributed by atoms with Crippen molar-refractivity contribution in [2.45, 2.75) is 31.7 Å². The van der Waals surface area contributed by atoms with E-state index in [9.17, 15) is 0 Å². The van der Waals surface area contributed by atoms with Gasteiger partial charge in [-0.05, 0) is 49.9 Å².